The third-order valence-corrected chi connectivity index (χ3v) is 12.6. The second-order valence-electron chi connectivity index (χ2n) is 11.2. The zero-order valence-electron chi connectivity index (χ0n) is 24.3. The molecule has 1 spiro atoms. The zero-order chi connectivity index (χ0) is 31.5. The number of nitrogens with one attached hydrogen (secondary N) is 1. The molecule has 15 heteroatoms. The summed E-state index contributed by atoms with van der Waals surface area (Å²) in [5, 5.41) is 12.5. The number of carbonyl (C=O) groups excluding carboxylic acids is 1. The number of hydrogen-bond donors (Lipinski definition) is 2. The molecule has 2 atom stereocenters. The maximum atomic E-state index is 13.4. The van der Waals surface area contributed by atoms with Crippen LogP contribution in [0.25, 0.3) is 0 Å². The van der Waals surface area contributed by atoms with E-state index in [1.54, 1.807) is 37.3 Å². The Morgan fingerprint density at radius 2 is 1.89 bits per heavy atom. The van der Waals surface area contributed by atoms with Gasteiger partial charge in [-0.2, -0.15) is 4.31 Å². The summed E-state index contributed by atoms with van der Waals surface area (Å²) >= 11 is 3.35. The Labute approximate surface area is 266 Å². The quantitative estimate of drug-likeness (QED) is 0.334. The highest BCUT2D eigenvalue weighted by Gasteiger charge is 2.46. The number of rotatable bonds is 12. The summed E-state index contributed by atoms with van der Waals surface area (Å²) in [4.78, 5) is 12.7. The summed E-state index contributed by atoms with van der Waals surface area (Å²) in [5.74, 6) is 0.616. The first kappa shape index (κ1) is 32.9. The number of aliphatic hydroxyl groups excluding tert-OH is 1. The topological polar surface area (TPSA) is 158 Å². The Morgan fingerprint density at radius 3 is 2.59 bits per heavy atom. The Bertz CT molecular complexity index is 1560. The Kier molecular flexibility index (Phi) is 10.1. The first-order valence-electron chi connectivity index (χ1n) is 14.6. The van der Waals surface area contributed by atoms with Gasteiger partial charge in [-0.05, 0) is 69.0 Å². The van der Waals surface area contributed by atoms with Crippen molar-refractivity contribution >= 4 is 41.9 Å². The van der Waals surface area contributed by atoms with Crippen molar-refractivity contribution in [3.05, 3.63) is 46.9 Å². The summed E-state index contributed by atoms with van der Waals surface area (Å²) < 4.78 is 76.5. The normalized spacial score (nSPS) is 21.1. The van der Waals surface area contributed by atoms with Crippen LogP contribution in [0.1, 0.15) is 39.0 Å². The van der Waals surface area contributed by atoms with Crippen molar-refractivity contribution in [2.24, 2.45) is 0 Å². The van der Waals surface area contributed by atoms with Gasteiger partial charge in [0.25, 0.3) is 0 Å². The third kappa shape index (κ3) is 7.68. The third-order valence-electron chi connectivity index (χ3n) is 7.93. The smallest absolute Gasteiger partial charge is 0.407 e. The van der Waals surface area contributed by atoms with Crippen LogP contribution in [0.15, 0.2) is 56.7 Å². The van der Waals surface area contributed by atoms with E-state index >= 15 is 0 Å². The molecule has 2 aromatic rings. The van der Waals surface area contributed by atoms with E-state index in [1.165, 1.54) is 16.4 Å². The van der Waals surface area contributed by atoms with Crippen molar-refractivity contribution < 1.29 is 45.7 Å². The van der Waals surface area contributed by atoms with Gasteiger partial charge >= 0.3 is 6.09 Å². The molecule has 1 saturated carbocycles. The van der Waals surface area contributed by atoms with Gasteiger partial charge in [0.1, 0.15) is 35.2 Å². The van der Waals surface area contributed by atoms with Crippen LogP contribution in [0.2, 0.25) is 0 Å². The van der Waals surface area contributed by atoms with Gasteiger partial charge in [-0.3, -0.25) is 0 Å². The fourth-order valence-electron chi connectivity index (χ4n) is 5.42. The van der Waals surface area contributed by atoms with E-state index in [2.05, 4.69) is 21.2 Å². The van der Waals surface area contributed by atoms with Crippen LogP contribution < -0.4 is 14.8 Å². The largest absolute Gasteiger partial charge is 0.492 e. The van der Waals surface area contributed by atoms with Gasteiger partial charge in [0, 0.05) is 24.0 Å². The molecule has 44 heavy (non-hydrogen) atoms. The van der Waals surface area contributed by atoms with Crippen LogP contribution >= 0.6 is 15.9 Å². The minimum Gasteiger partial charge on any atom is -0.492 e. The average molecular weight is 718 g/mol. The van der Waals surface area contributed by atoms with Crippen LogP contribution in [0.4, 0.5) is 4.79 Å². The molecule has 2 saturated heterocycles. The fraction of sp³-hybridized carbons (Fsp3) is 0.552. The highest BCUT2D eigenvalue weighted by atomic mass is 79.9. The van der Waals surface area contributed by atoms with Crippen molar-refractivity contribution in [3.8, 4) is 11.5 Å². The van der Waals surface area contributed by atoms with Crippen LogP contribution in [-0.2, 0) is 29.3 Å². The number of amides is 1. The minimum absolute atomic E-state index is 0.109. The summed E-state index contributed by atoms with van der Waals surface area (Å²) in [6, 6.07) is 11.1. The molecule has 5 rings (SSSR count). The van der Waals surface area contributed by atoms with E-state index in [0.29, 0.717) is 54.7 Å². The second kappa shape index (κ2) is 13.5. The molecule has 12 nitrogen and oxygen atoms in total. The SMILES string of the molecule is CCOc1ccc(Br)cc1S(=O)(=O)N1CCC2(CC1)C[C@H](OC(=O)NCC(O)COc1cccc(S(=O)(=O)C3CC3)c1)CO2. The number of carbonyl (C=O) groups is 1. The van der Waals surface area contributed by atoms with Crippen LogP contribution in [-0.4, -0.2) is 94.9 Å². The van der Waals surface area contributed by atoms with Crippen LogP contribution in [0.5, 0.6) is 11.5 Å². The molecule has 1 unspecified atom stereocenters. The van der Waals surface area contributed by atoms with E-state index in [9.17, 15) is 26.7 Å². The maximum absolute atomic E-state index is 13.4. The molecule has 242 valence electrons. The number of ether oxygens (including phenoxy) is 4. The Morgan fingerprint density at radius 1 is 1.14 bits per heavy atom. The van der Waals surface area contributed by atoms with Gasteiger partial charge in [-0.15, -0.1) is 0 Å². The summed E-state index contributed by atoms with van der Waals surface area (Å²) in [7, 11) is -7.16. The fourth-order valence-corrected chi connectivity index (χ4v) is 9.22. The molecule has 3 aliphatic rings. The highest BCUT2D eigenvalue weighted by Crippen LogP contribution is 2.40. The van der Waals surface area contributed by atoms with Crippen LogP contribution in [0, 0.1) is 0 Å². The van der Waals surface area contributed by atoms with Gasteiger partial charge in [-0.1, -0.05) is 22.0 Å². The Balaban J connectivity index is 1.05. The predicted octanol–water partition coefficient (Wildman–Crippen LogP) is 3.26. The molecule has 2 heterocycles. The number of benzene rings is 2. The van der Waals surface area contributed by atoms with E-state index in [4.69, 9.17) is 18.9 Å². The average Bonchev–Trinajstić information content (AvgIpc) is 3.80. The van der Waals surface area contributed by atoms with Crippen LogP contribution in [0.3, 0.4) is 0 Å². The summed E-state index contributed by atoms with van der Waals surface area (Å²) in [6.07, 6.45) is 0.360. The first-order valence-corrected chi connectivity index (χ1v) is 18.4. The van der Waals surface area contributed by atoms with E-state index in [-0.39, 0.29) is 47.9 Å². The maximum Gasteiger partial charge on any atom is 0.407 e. The van der Waals surface area contributed by atoms with Crippen molar-refractivity contribution in [2.75, 3.05) is 39.5 Å². The molecular formula is C29H37BrN2O10S2. The van der Waals surface area contributed by atoms with Gasteiger partial charge < -0.3 is 29.4 Å². The molecule has 2 N–H and O–H groups in total. The highest BCUT2D eigenvalue weighted by molar-refractivity contribution is 9.10. The predicted molar refractivity (Wildman–Crippen MR) is 163 cm³/mol. The molecule has 0 aromatic heterocycles. The van der Waals surface area contributed by atoms with Gasteiger partial charge in [0.2, 0.25) is 10.0 Å². The molecule has 0 radical (unpaired) electrons. The summed E-state index contributed by atoms with van der Waals surface area (Å²) in [6.45, 7) is 2.53. The number of halogens is 1. The number of piperidine rings is 1. The lowest BCUT2D eigenvalue weighted by molar-refractivity contribution is -0.0325. The molecule has 2 aromatic carbocycles. The number of aliphatic hydroxyl groups is 1. The number of sulfone groups is 1. The number of sulfonamides is 1. The number of hydrogen-bond acceptors (Lipinski definition) is 10. The standard InChI is InChI=1S/C29H37BrN2O10S2/c1-2-39-26-9-6-20(30)14-27(26)44(37,38)32-12-10-29(11-13-32)16-23(19-41-29)42-28(34)31-17-21(33)18-40-22-4-3-5-25(15-22)43(35,36)24-7-8-24/h3-6,9,14-15,21,23-24,33H,2,7-8,10-13,16-19H2,1H3,(H,31,34)/t21?,23-/m0/s1. The van der Waals surface area contributed by atoms with Gasteiger partial charge in [0.05, 0.1) is 35.5 Å². The van der Waals surface area contributed by atoms with E-state index in [0.717, 1.165) is 0 Å². The monoisotopic (exact) mass is 716 g/mol. The molecule has 0 bridgehead atoms. The lowest BCUT2D eigenvalue weighted by Crippen LogP contribution is -2.46. The number of alkyl carbamates (subject to hydrolysis) is 1. The zero-order valence-corrected chi connectivity index (χ0v) is 27.5. The number of nitrogens with zero attached hydrogens (tertiary/aromatic N) is 1. The molecule has 1 aliphatic carbocycles. The second-order valence-corrected chi connectivity index (χ2v) is 16.3. The molecular weight excluding hydrogens is 680 g/mol. The lowest BCUT2D eigenvalue weighted by Gasteiger charge is -2.37. The van der Waals surface area contributed by atoms with Crippen molar-refractivity contribution in [1.29, 1.82) is 0 Å². The minimum atomic E-state index is -3.80. The van der Waals surface area contributed by atoms with Crippen molar-refractivity contribution in [2.45, 2.75) is 71.9 Å². The molecule has 2 aliphatic heterocycles. The molecule has 3 fully saturated rings. The molecule has 1 amide bonds. The van der Waals surface area contributed by atoms with Gasteiger partial charge in [-0.25, -0.2) is 21.6 Å². The lowest BCUT2D eigenvalue weighted by atomic mass is 9.89. The van der Waals surface area contributed by atoms with Crippen molar-refractivity contribution in [1.82, 2.24) is 9.62 Å². The first-order chi connectivity index (χ1) is 20.9. The Hall–Kier alpha value is -2.43. The van der Waals surface area contributed by atoms with E-state index in [1.807, 2.05) is 0 Å². The van der Waals surface area contributed by atoms with Crippen molar-refractivity contribution in [3.63, 3.8) is 0 Å². The van der Waals surface area contributed by atoms with Gasteiger partial charge in [0.15, 0.2) is 9.84 Å². The summed E-state index contributed by atoms with van der Waals surface area (Å²) in [5.41, 5.74) is -0.591. The van der Waals surface area contributed by atoms with E-state index < -0.39 is 43.8 Å².